The molecule has 1 aliphatic rings. The molecule has 1 saturated heterocycles. The van der Waals surface area contributed by atoms with E-state index in [-0.39, 0.29) is 12.5 Å². The van der Waals surface area contributed by atoms with E-state index in [9.17, 15) is 23.5 Å². The highest BCUT2D eigenvalue weighted by atomic mass is 32.1. The van der Waals surface area contributed by atoms with E-state index in [0.717, 1.165) is 10.4 Å². The van der Waals surface area contributed by atoms with Crippen molar-refractivity contribution < 1.29 is 28.2 Å². The monoisotopic (exact) mass is 515 g/mol. The summed E-state index contributed by atoms with van der Waals surface area (Å²) in [6.07, 6.45) is 3.67. The largest absolute Gasteiger partial charge is 0.465 e. The third kappa shape index (κ3) is 7.49. The molecule has 1 aromatic heterocycles. The first-order valence-corrected chi connectivity index (χ1v) is 12.7. The highest BCUT2D eigenvalue weighted by molar-refractivity contribution is 7.13. The summed E-state index contributed by atoms with van der Waals surface area (Å²) in [6, 6.07) is 12.5. The van der Waals surface area contributed by atoms with Crippen LogP contribution < -0.4 is 0 Å². The average molecular weight is 516 g/mol. The number of likely N-dealkylation sites (tertiary alicyclic amines) is 1. The number of carbonyl (C=O) groups is 2. The second-order valence-corrected chi connectivity index (χ2v) is 10.1. The van der Waals surface area contributed by atoms with Crippen molar-refractivity contribution in [3.05, 3.63) is 69.9 Å². The first-order valence-electron chi connectivity index (χ1n) is 11.9. The van der Waals surface area contributed by atoms with E-state index < -0.39 is 36.4 Å². The van der Waals surface area contributed by atoms with Crippen LogP contribution in [0.15, 0.2) is 54.6 Å². The van der Waals surface area contributed by atoms with Gasteiger partial charge in [-0.25, -0.2) is 4.79 Å². The Morgan fingerprint density at radius 2 is 2.03 bits per heavy atom. The van der Waals surface area contributed by atoms with E-state index in [4.69, 9.17) is 4.74 Å². The van der Waals surface area contributed by atoms with Gasteiger partial charge in [0.1, 0.15) is 4.88 Å². The number of alkyl halides is 2. The number of halogens is 2. The van der Waals surface area contributed by atoms with Crippen molar-refractivity contribution in [2.24, 2.45) is 5.92 Å². The number of rotatable bonds is 10. The van der Waals surface area contributed by atoms with Crippen molar-refractivity contribution >= 4 is 23.2 Å². The quantitative estimate of drug-likeness (QED) is 0.278. The van der Waals surface area contributed by atoms with Crippen LogP contribution in [-0.4, -0.2) is 53.6 Å². The number of aryl methyl sites for hydroxylation is 1. The molecule has 2 aromatic rings. The van der Waals surface area contributed by atoms with Gasteiger partial charge in [-0.1, -0.05) is 55.3 Å². The lowest BCUT2D eigenvalue weighted by atomic mass is 9.99. The molecular formula is C28H31F2NO4S. The van der Waals surface area contributed by atoms with Crippen molar-refractivity contribution in [3.63, 3.8) is 0 Å². The number of benzene rings is 1. The molecule has 1 N–H and O–H groups in total. The Hall–Kier alpha value is -3.02. The molecule has 0 saturated carbocycles. The van der Waals surface area contributed by atoms with Crippen molar-refractivity contribution in [3.8, 4) is 11.8 Å². The van der Waals surface area contributed by atoms with Gasteiger partial charge in [0.2, 0.25) is 0 Å². The molecular weight excluding hydrogens is 484 g/mol. The summed E-state index contributed by atoms with van der Waals surface area (Å²) in [5.74, 6) is 0.958. The van der Waals surface area contributed by atoms with Crippen LogP contribution in [0.4, 0.5) is 8.78 Å². The highest BCUT2D eigenvalue weighted by Gasteiger charge is 2.52. The molecule has 1 aliphatic heterocycles. The summed E-state index contributed by atoms with van der Waals surface area (Å²) in [7, 11) is 1.31. The van der Waals surface area contributed by atoms with Crippen LogP contribution in [0.2, 0.25) is 0 Å². The number of amides is 1. The van der Waals surface area contributed by atoms with Crippen LogP contribution in [0.25, 0.3) is 0 Å². The molecule has 0 bridgehead atoms. The number of thiophene rings is 1. The number of hydrogen-bond acceptors (Lipinski definition) is 5. The van der Waals surface area contributed by atoms with E-state index in [2.05, 4.69) is 11.8 Å². The number of nitrogens with zero attached hydrogens (tertiary/aromatic N) is 1. The van der Waals surface area contributed by atoms with E-state index in [0.29, 0.717) is 30.6 Å². The number of hydrogen-bond donors (Lipinski definition) is 1. The third-order valence-corrected chi connectivity index (χ3v) is 7.23. The zero-order valence-electron chi connectivity index (χ0n) is 20.5. The minimum atomic E-state index is -3.42. The maximum Gasteiger partial charge on any atom is 0.348 e. The van der Waals surface area contributed by atoms with Crippen molar-refractivity contribution in [2.75, 3.05) is 13.7 Å². The predicted molar refractivity (Wildman–Crippen MR) is 136 cm³/mol. The lowest BCUT2D eigenvalue weighted by Crippen LogP contribution is -2.36. The fourth-order valence-corrected chi connectivity index (χ4v) is 4.92. The minimum absolute atomic E-state index is 0.158. The predicted octanol–water partition coefficient (Wildman–Crippen LogP) is 4.89. The molecule has 5 nitrogen and oxygen atoms in total. The Bertz CT molecular complexity index is 1120. The summed E-state index contributed by atoms with van der Waals surface area (Å²) >= 11 is 1.29. The lowest BCUT2D eigenvalue weighted by molar-refractivity contribution is -0.148. The molecule has 1 amide bonds. The van der Waals surface area contributed by atoms with Crippen molar-refractivity contribution in [1.82, 2.24) is 4.90 Å². The lowest BCUT2D eigenvalue weighted by Gasteiger charge is -2.22. The van der Waals surface area contributed by atoms with Crippen LogP contribution in [0.3, 0.4) is 0 Å². The highest BCUT2D eigenvalue weighted by Crippen LogP contribution is 2.34. The summed E-state index contributed by atoms with van der Waals surface area (Å²) < 4.78 is 33.1. The topological polar surface area (TPSA) is 66.8 Å². The standard InChI is InChI=1S/C28H31F2NO4S/c1-20(9-6-7-12-21-10-4-3-5-11-21)24(32)16-14-22-19-28(29,30)27(34)31(22)18-8-13-23-15-17-25(36-23)26(33)35-2/h3-5,10-11,14-17,20,22,24,32H,8-9,12-13,18-19H2,1-2H3/b16-14+/t20-,22+,24-/m1/s1. The normalized spacial score (nSPS) is 18.6. The number of ether oxygens (including phenoxy) is 1. The summed E-state index contributed by atoms with van der Waals surface area (Å²) in [5, 5.41) is 10.5. The summed E-state index contributed by atoms with van der Waals surface area (Å²) in [5.41, 5.74) is 1.12. The molecule has 1 aromatic carbocycles. The molecule has 192 valence electrons. The fraction of sp³-hybridized carbons (Fsp3) is 0.429. The Morgan fingerprint density at radius 1 is 1.28 bits per heavy atom. The van der Waals surface area contributed by atoms with Gasteiger partial charge in [-0.3, -0.25) is 4.79 Å². The van der Waals surface area contributed by atoms with E-state index in [1.807, 2.05) is 37.3 Å². The molecule has 0 spiro atoms. The Kier molecular flexibility index (Phi) is 9.80. The number of aliphatic hydroxyl groups excluding tert-OH is 1. The molecule has 0 aliphatic carbocycles. The van der Waals surface area contributed by atoms with Crippen LogP contribution in [0.1, 0.15) is 46.3 Å². The van der Waals surface area contributed by atoms with Crippen LogP contribution in [0.5, 0.6) is 0 Å². The van der Waals surface area contributed by atoms with Crippen LogP contribution in [0, 0.1) is 17.8 Å². The van der Waals surface area contributed by atoms with Gasteiger partial charge in [-0.15, -0.1) is 17.3 Å². The summed E-state index contributed by atoms with van der Waals surface area (Å²) in [4.78, 5) is 26.5. The number of methoxy groups -OCH3 is 1. The van der Waals surface area contributed by atoms with Crippen LogP contribution in [-0.2, 0) is 22.4 Å². The maximum absolute atomic E-state index is 14.2. The number of carbonyl (C=O) groups excluding carboxylic acids is 2. The molecule has 3 atom stereocenters. The molecule has 0 radical (unpaired) electrons. The van der Waals surface area contributed by atoms with Crippen LogP contribution >= 0.6 is 11.3 Å². The Morgan fingerprint density at radius 3 is 2.75 bits per heavy atom. The van der Waals surface area contributed by atoms with E-state index in [1.54, 1.807) is 12.1 Å². The SMILES string of the molecule is COC(=O)c1ccc(CCCN2C(=O)C(F)(F)C[C@@H]2/C=C/[C@@H](O)[C@H](C)CC#CCc2ccccc2)s1. The average Bonchev–Trinajstić information content (AvgIpc) is 3.43. The molecule has 0 unspecified atom stereocenters. The maximum atomic E-state index is 14.2. The Labute approximate surface area is 214 Å². The molecule has 8 heteroatoms. The van der Waals surface area contributed by atoms with Gasteiger partial charge < -0.3 is 14.7 Å². The van der Waals surface area contributed by atoms with E-state index in [1.165, 1.54) is 35.5 Å². The van der Waals surface area contributed by atoms with Gasteiger partial charge in [0.05, 0.1) is 19.3 Å². The fourth-order valence-electron chi connectivity index (χ4n) is 3.95. The number of aliphatic hydroxyl groups is 1. The molecule has 3 rings (SSSR count). The molecule has 2 heterocycles. The first-order chi connectivity index (χ1) is 17.2. The molecule has 1 fully saturated rings. The van der Waals surface area contributed by atoms with E-state index >= 15 is 0 Å². The van der Waals surface area contributed by atoms with Gasteiger partial charge in [0.25, 0.3) is 5.91 Å². The van der Waals surface area contributed by atoms with Crippen molar-refractivity contribution in [2.45, 2.75) is 57.1 Å². The van der Waals surface area contributed by atoms with Gasteiger partial charge in [0.15, 0.2) is 0 Å². The Balaban J connectivity index is 1.52. The zero-order valence-corrected chi connectivity index (χ0v) is 21.3. The second-order valence-electron chi connectivity index (χ2n) is 8.91. The number of esters is 1. The van der Waals surface area contributed by atoms with Gasteiger partial charge in [-0.2, -0.15) is 8.78 Å². The third-order valence-electron chi connectivity index (χ3n) is 6.11. The van der Waals surface area contributed by atoms with Gasteiger partial charge in [-0.05, 0) is 36.5 Å². The summed E-state index contributed by atoms with van der Waals surface area (Å²) in [6.45, 7) is 2.01. The second kappa shape index (κ2) is 12.8. The molecule has 36 heavy (non-hydrogen) atoms. The van der Waals surface area contributed by atoms with Gasteiger partial charge >= 0.3 is 11.9 Å². The minimum Gasteiger partial charge on any atom is -0.465 e. The first kappa shape index (κ1) is 27.6. The zero-order chi connectivity index (χ0) is 26.1. The van der Waals surface area contributed by atoms with Crippen molar-refractivity contribution in [1.29, 1.82) is 0 Å². The van der Waals surface area contributed by atoms with Gasteiger partial charge in [0, 0.05) is 30.7 Å². The smallest absolute Gasteiger partial charge is 0.348 e.